The number of ether oxygens (including phenoxy) is 3. The number of amides is 1. The molecule has 17 nitrogen and oxygen atoms in total. The summed E-state index contributed by atoms with van der Waals surface area (Å²) in [6.45, 7) is 7.24. The van der Waals surface area contributed by atoms with Gasteiger partial charge in [-0.3, -0.25) is 19.2 Å². The van der Waals surface area contributed by atoms with Crippen molar-refractivity contribution in [3.05, 3.63) is 213 Å². The number of hydrogen-bond acceptors (Lipinski definition) is 14. The number of carbonyl (C=O) groups is 5. The van der Waals surface area contributed by atoms with Gasteiger partial charge in [0.25, 0.3) is 0 Å². The summed E-state index contributed by atoms with van der Waals surface area (Å²) in [4.78, 5) is 67.8. The van der Waals surface area contributed by atoms with Gasteiger partial charge in [-0.25, -0.2) is 9.78 Å². The Morgan fingerprint density at radius 2 is 1.44 bits per heavy atom. The van der Waals surface area contributed by atoms with Crippen LogP contribution in [0.15, 0.2) is 152 Å². The molecule has 0 radical (unpaired) electrons. The molecule has 2 fully saturated rings. The van der Waals surface area contributed by atoms with Crippen molar-refractivity contribution in [3.63, 3.8) is 0 Å². The molecule has 0 bridgehead atoms. The summed E-state index contributed by atoms with van der Waals surface area (Å²) in [5.74, 6) is -2.94. The highest BCUT2D eigenvalue weighted by molar-refractivity contribution is 6.32. The zero-order chi connectivity index (χ0) is 61.6. The Morgan fingerprint density at radius 1 is 0.837 bits per heavy atom. The van der Waals surface area contributed by atoms with Crippen molar-refractivity contribution in [2.24, 2.45) is 23.5 Å². The van der Waals surface area contributed by atoms with E-state index in [1.54, 1.807) is 13.1 Å². The van der Waals surface area contributed by atoms with Crippen LogP contribution in [-0.4, -0.2) is 108 Å². The fourth-order valence-electron chi connectivity index (χ4n) is 12.5. The molecule has 450 valence electrons. The third kappa shape index (κ3) is 12.6. The highest BCUT2D eigenvalue weighted by Crippen LogP contribution is 2.53. The number of aliphatic hydroxyl groups is 2. The molecule has 0 spiro atoms. The number of phenolic OH excluding ortho intramolecular Hbond substituents is 2. The van der Waals surface area contributed by atoms with Gasteiger partial charge in [-0.2, -0.15) is 0 Å². The Hall–Kier alpha value is -8.03. The summed E-state index contributed by atoms with van der Waals surface area (Å²) < 4.78 is 19.2. The lowest BCUT2D eigenvalue weighted by Gasteiger charge is -2.42. The van der Waals surface area contributed by atoms with Crippen molar-refractivity contribution >= 4 is 40.8 Å². The molecule has 8 N–H and O–H groups in total. The average Bonchev–Trinajstić information content (AvgIpc) is 0.866. The van der Waals surface area contributed by atoms with Crippen molar-refractivity contribution in [1.29, 1.82) is 0 Å². The number of halogens is 1. The number of carboxylic acids is 1. The maximum Gasteiger partial charge on any atom is 0.326 e. The number of rotatable bonds is 14. The largest absolute Gasteiger partial charge is 0.507 e. The van der Waals surface area contributed by atoms with E-state index in [9.17, 15) is 49.5 Å². The molecule has 1 aromatic heterocycles. The van der Waals surface area contributed by atoms with Gasteiger partial charge >= 0.3 is 5.97 Å². The Kier molecular flexibility index (Phi) is 19.4. The van der Waals surface area contributed by atoms with Crippen LogP contribution in [0.5, 0.6) is 17.2 Å². The summed E-state index contributed by atoms with van der Waals surface area (Å²) in [5.41, 5.74) is 6.59. The van der Waals surface area contributed by atoms with Gasteiger partial charge in [0.15, 0.2) is 17.9 Å². The van der Waals surface area contributed by atoms with Crippen LogP contribution < -0.4 is 15.8 Å². The minimum atomic E-state index is -2.00. The summed E-state index contributed by atoms with van der Waals surface area (Å²) in [7, 11) is 1.34. The molecular formula is C68H73ClN4O13. The molecule has 1 amide bonds. The van der Waals surface area contributed by atoms with E-state index in [0.717, 1.165) is 53.0 Å². The van der Waals surface area contributed by atoms with E-state index in [0.29, 0.717) is 18.3 Å². The molecule has 4 aliphatic rings. The monoisotopic (exact) mass is 1190 g/mol. The first kappa shape index (κ1) is 62.5. The Bertz CT molecular complexity index is 3510. The Labute approximate surface area is 504 Å². The molecule has 7 atom stereocenters. The first-order chi connectivity index (χ1) is 41.2. The predicted octanol–water partition coefficient (Wildman–Crippen LogP) is 9.67. The van der Waals surface area contributed by atoms with Gasteiger partial charge in [0, 0.05) is 77.3 Å². The Morgan fingerprint density at radius 3 is 2.00 bits per heavy atom. The molecule has 1 saturated heterocycles. The van der Waals surface area contributed by atoms with Crippen LogP contribution in [0.4, 0.5) is 0 Å². The molecule has 1 aliphatic heterocycles. The van der Waals surface area contributed by atoms with Gasteiger partial charge in [0.1, 0.15) is 34.4 Å². The van der Waals surface area contributed by atoms with Crippen LogP contribution in [0.3, 0.4) is 0 Å². The van der Waals surface area contributed by atoms with E-state index in [1.807, 2.05) is 73.2 Å². The summed E-state index contributed by atoms with van der Waals surface area (Å²) in [6, 6.07) is 41.1. The number of Topliss-reactive ketones (excluding diaryl/α,β-unsaturated/α-hetero) is 1. The molecule has 3 aliphatic carbocycles. The molecule has 2 heterocycles. The molecule has 18 heteroatoms. The highest BCUT2D eigenvalue weighted by Gasteiger charge is 2.50. The van der Waals surface area contributed by atoms with Gasteiger partial charge in [-0.05, 0) is 80.2 Å². The smallest absolute Gasteiger partial charge is 0.326 e. The van der Waals surface area contributed by atoms with Gasteiger partial charge in [-0.1, -0.05) is 147 Å². The number of aliphatic hydroxyl groups excluding tert-OH is 1. The molecule has 0 unspecified atom stereocenters. The lowest BCUT2D eigenvalue weighted by Crippen LogP contribution is -2.52. The lowest BCUT2D eigenvalue weighted by molar-refractivity contribution is -0.247. The quantitative estimate of drug-likeness (QED) is 0.0394. The maximum atomic E-state index is 13.6. The van der Waals surface area contributed by atoms with Crippen LogP contribution in [0.1, 0.15) is 138 Å². The summed E-state index contributed by atoms with van der Waals surface area (Å²) in [6.07, 6.45) is 5.29. The number of nitrogens with zero attached hydrogens (tertiary/aromatic N) is 2. The second-order valence-corrected chi connectivity index (χ2v) is 23.4. The Balaban J connectivity index is 0.000000161. The van der Waals surface area contributed by atoms with E-state index >= 15 is 0 Å². The van der Waals surface area contributed by atoms with E-state index in [2.05, 4.69) is 83.3 Å². The zero-order valence-corrected chi connectivity index (χ0v) is 49.4. The SMILES string of the molecule is CC(C)[C@H]1CC[C@H](C(=O)N[C@H](Cc2ccccc2)C(=O)O)CC1.COc1cccc2c1C(=O)c1c(O)c3c(c(O)c1C2=O)C[C@@](O)(C(C)=O)C[C@@H]3O[C@H]1C[C@H](N)[C@H](O)[C@H](C)O1.Clc1ccccc1C(c1ccccc1)(c1ccccc1)n1ccnc1. The second-order valence-electron chi connectivity index (χ2n) is 23.0. The molecule has 86 heavy (non-hydrogen) atoms. The van der Waals surface area contributed by atoms with Crippen molar-refractivity contribution < 1.29 is 63.7 Å². The first-order valence-electron chi connectivity index (χ1n) is 29.0. The van der Waals surface area contributed by atoms with Gasteiger partial charge < -0.3 is 55.4 Å². The van der Waals surface area contributed by atoms with Crippen LogP contribution >= 0.6 is 11.6 Å². The van der Waals surface area contributed by atoms with E-state index in [4.69, 9.17) is 31.5 Å². The molecule has 6 aromatic carbocycles. The number of imidazole rings is 1. The van der Waals surface area contributed by atoms with Crippen LogP contribution in [-0.2, 0) is 42.2 Å². The number of carboxylic acid groups (broad SMARTS) is 1. The van der Waals surface area contributed by atoms with Gasteiger partial charge in [0.05, 0.1) is 48.4 Å². The fourth-order valence-corrected chi connectivity index (χ4v) is 12.8. The number of carbonyl (C=O) groups excluding carboxylic acids is 4. The standard InChI is InChI=1S/C27H29NO10.C22H17ClN2.C19H27NO3/c1-10-22(30)14(28)7-17(37-10)38-16-9-27(35,11(2)29)8-13-19(16)26(34)21-20(24(13)32)23(31)12-5-4-6-15(36-3)18(12)25(21)33;23-21-14-8-7-13-20(21)22(25-16-15-24-17-25,18-9-3-1-4-10-18)19-11-5-2-6-12-19;1-13(2)15-8-10-16(11-9-15)18(21)20-17(19(22)23)12-14-6-4-3-5-7-14/h4-6,10,14,16-17,22,30,32,34-35H,7-9,28H2,1-3H3;1-17H;3-7,13,15-17H,8-12H2,1-2H3,(H,20,21)(H,22,23)/t10-,14-,16-,17-,22+,27-;;15-,16-,17-/m0.1/s1. The third-order valence-corrected chi connectivity index (χ3v) is 17.6. The van der Waals surface area contributed by atoms with E-state index in [-0.39, 0.29) is 52.7 Å². The average molecular weight is 1190 g/mol. The van der Waals surface area contributed by atoms with Crippen molar-refractivity contribution in [2.45, 2.75) is 127 Å². The van der Waals surface area contributed by atoms with Gasteiger partial charge in [0.2, 0.25) is 11.7 Å². The topological polar surface area (TPSA) is 270 Å². The van der Waals surface area contributed by atoms with Crippen LogP contribution in [0.25, 0.3) is 0 Å². The van der Waals surface area contributed by atoms with Gasteiger partial charge in [-0.15, -0.1) is 0 Å². The molecule has 11 rings (SSSR count). The normalized spacial score (nSPS) is 22.7. The maximum absolute atomic E-state index is 13.6. The third-order valence-electron chi connectivity index (χ3n) is 17.3. The lowest BCUT2D eigenvalue weighted by atomic mass is 9.72. The van der Waals surface area contributed by atoms with Crippen molar-refractivity contribution in [1.82, 2.24) is 14.9 Å². The molecular weight excluding hydrogens is 1120 g/mol. The van der Waals surface area contributed by atoms with E-state index < -0.39 is 100 Å². The summed E-state index contributed by atoms with van der Waals surface area (Å²) >= 11 is 6.69. The first-order valence-corrected chi connectivity index (χ1v) is 29.3. The second kappa shape index (κ2) is 26.7. The number of nitrogens with two attached hydrogens (primary N) is 1. The minimum absolute atomic E-state index is 0.0147. The fraction of sp³-hybridized carbons (Fsp3) is 0.353. The number of aliphatic carboxylic acids is 1. The number of aromatic hydroxyl groups is 2. The minimum Gasteiger partial charge on any atom is -0.507 e. The number of aromatic nitrogens is 2. The number of ketones is 3. The number of methoxy groups -OCH3 is 1. The van der Waals surface area contributed by atoms with E-state index in [1.165, 1.54) is 32.2 Å². The molecule has 7 aromatic rings. The zero-order valence-electron chi connectivity index (χ0n) is 48.6. The summed E-state index contributed by atoms with van der Waals surface area (Å²) in [5, 5.41) is 57.0. The van der Waals surface area contributed by atoms with Crippen molar-refractivity contribution in [3.8, 4) is 17.2 Å². The number of benzene rings is 6. The number of phenols is 2. The number of hydrogen-bond donors (Lipinski definition) is 7. The number of nitrogens with one attached hydrogen (secondary N) is 1. The van der Waals surface area contributed by atoms with Crippen LogP contribution in [0.2, 0.25) is 5.02 Å². The highest BCUT2D eigenvalue weighted by atomic mass is 35.5. The predicted molar refractivity (Wildman–Crippen MR) is 322 cm³/mol. The van der Waals surface area contributed by atoms with Crippen LogP contribution in [0, 0.1) is 17.8 Å². The number of fused-ring (bicyclic) bond motifs is 3. The van der Waals surface area contributed by atoms with Crippen molar-refractivity contribution in [2.75, 3.05) is 7.11 Å². The molecule has 1 saturated carbocycles.